The Morgan fingerprint density at radius 3 is 2.80 bits per heavy atom. The number of thiazole rings is 2. The van der Waals surface area contributed by atoms with Gasteiger partial charge in [-0.1, -0.05) is 11.8 Å². The summed E-state index contributed by atoms with van der Waals surface area (Å²) >= 11 is 3.96. The highest BCUT2D eigenvalue weighted by Crippen LogP contribution is 2.23. The fraction of sp³-hybridized carbons (Fsp3) is 0.273. The number of thioether (sulfide) groups is 1. The minimum Gasteiger partial charge on any atom is -0.464 e. The van der Waals surface area contributed by atoms with Gasteiger partial charge in [0.2, 0.25) is 5.91 Å². The number of hydrogen-bond acceptors (Lipinski definition) is 8. The molecule has 0 aliphatic heterocycles. The molecular weight excluding hydrogens is 318 g/mol. The molecule has 1 amide bonds. The van der Waals surface area contributed by atoms with Gasteiger partial charge in [0, 0.05) is 10.8 Å². The molecular formula is C11H11N3O3S3. The Morgan fingerprint density at radius 2 is 2.15 bits per heavy atom. The van der Waals surface area contributed by atoms with Crippen LogP contribution in [0.5, 0.6) is 0 Å². The Bertz CT molecular complexity index is 623. The monoisotopic (exact) mass is 329 g/mol. The lowest BCUT2D eigenvalue weighted by Gasteiger charge is -1.99. The van der Waals surface area contributed by atoms with E-state index in [1.807, 2.05) is 12.3 Å². The molecule has 9 heteroatoms. The minimum atomic E-state index is -0.476. The third-order valence-corrected chi connectivity index (χ3v) is 4.97. The van der Waals surface area contributed by atoms with Crippen molar-refractivity contribution in [2.24, 2.45) is 0 Å². The average molecular weight is 329 g/mol. The van der Waals surface area contributed by atoms with Crippen molar-refractivity contribution >= 4 is 51.4 Å². The van der Waals surface area contributed by atoms with Crippen molar-refractivity contribution in [1.82, 2.24) is 9.97 Å². The van der Waals surface area contributed by atoms with Crippen LogP contribution >= 0.6 is 34.4 Å². The number of esters is 1. The van der Waals surface area contributed by atoms with E-state index in [1.54, 1.807) is 5.38 Å². The number of anilines is 1. The van der Waals surface area contributed by atoms with Crippen LogP contribution in [-0.2, 0) is 9.53 Å². The van der Waals surface area contributed by atoms with E-state index in [-0.39, 0.29) is 17.4 Å². The molecule has 0 fully saturated rings. The van der Waals surface area contributed by atoms with Crippen LogP contribution in [-0.4, -0.2) is 34.7 Å². The maximum Gasteiger partial charge on any atom is 0.357 e. The second-order valence-corrected chi connectivity index (χ2v) is 6.56. The molecule has 20 heavy (non-hydrogen) atoms. The molecule has 2 heterocycles. The van der Waals surface area contributed by atoms with E-state index in [9.17, 15) is 9.59 Å². The summed E-state index contributed by atoms with van der Waals surface area (Å²) < 4.78 is 5.22. The van der Waals surface area contributed by atoms with Crippen LogP contribution in [0.2, 0.25) is 0 Å². The molecule has 0 atom stereocenters. The van der Waals surface area contributed by atoms with E-state index in [1.165, 1.54) is 41.5 Å². The van der Waals surface area contributed by atoms with Crippen molar-refractivity contribution in [1.29, 1.82) is 0 Å². The van der Waals surface area contributed by atoms with Gasteiger partial charge in [-0.2, -0.15) is 0 Å². The lowest BCUT2D eigenvalue weighted by atomic mass is 10.5. The molecule has 0 bridgehead atoms. The van der Waals surface area contributed by atoms with Gasteiger partial charge in [-0.15, -0.1) is 22.7 Å². The van der Waals surface area contributed by atoms with Gasteiger partial charge in [0.25, 0.3) is 0 Å². The van der Waals surface area contributed by atoms with Gasteiger partial charge in [0.1, 0.15) is 0 Å². The molecule has 6 nitrogen and oxygen atoms in total. The summed E-state index contributed by atoms with van der Waals surface area (Å²) in [5.74, 6) is -0.415. The summed E-state index contributed by atoms with van der Waals surface area (Å²) in [4.78, 5) is 31.2. The highest BCUT2D eigenvalue weighted by atomic mass is 32.2. The van der Waals surface area contributed by atoms with E-state index >= 15 is 0 Å². The van der Waals surface area contributed by atoms with Crippen LogP contribution in [0.4, 0.5) is 5.13 Å². The number of hydrogen-bond donors (Lipinski definition) is 1. The third kappa shape index (κ3) is 4.02. The zero-order valence-electron chi connectivity index (χ0n) is 10.7. The van der Waals surface area contributed by atoms with Crippen molar-refractivity contribution in [3.63, 3.8) is 0 Å². The number of carbonyl (C=O) groups is 2. The van der Waals surface area contributed by atoms with Crippen molar-refractivity contribution in [2.45, 2.75) is 11.3 Å². The molecule has 0 radical (unpaired) electrons. The van der Waals surface area contributed by atoms with Gasteiger partial charge in [-0.05, 0) is 6.92 Å². The second kappa shape index (κ2) is 6.82. The molecule has 0 saturated carbocycles. The van der Waals surface area contributed by atoms with Crippen molar-refractivity contribution in [3.05, 3.63) is 22.1 Å². The number of nitrogens with zero attached hydrogens (tertiary/aromatic N) is 2. The first-order chi connectivity index (χ1) is 9.58. The zero-order valence-corrected chi connectivity index (χ0v) is 13.2. The fourth-order valence-electron chi connectivity index (χ4n) is 1.22. The van der Waals surface area contributed by atoms with Gasteiger partial charge in [-0.25, -0.2) is 14.8 Å². The Labute approximate surface area is 127 Å². The highest BCUT2D eigenvalue weighted by molar-refractivity contribution is 8.01. The number of rotatable bonds is 5. The first-order valence-corrected chi connectivity index (χ1v) is 8.21. The van der Waals surface area contributed by atoms with Crippen molar-refractivity contribution in [3.8, 4) is 0 Å². The van der Waals surface area contributed by atoms with E-state index in [0.29, 0.717) is 9.47 Å². The summed E-state index contributed by atoms with van der Waals surface area (Å²) in [7, 11) is 1.30. The van der Waals surface area contributed by atoms with Gasteiger partial charge < -0.3 is 10.1 Å². The number of nitrogens with one attached hydrogen (secondary N) is 1. The van der Waals surface area contributed by atoms with Crippen LogP contribution in [0.15, 0.2) is 15.1 Å². The quantitative estimate of drug-likeness (QED) is 0.670. The number of aryl methyl sites for hydroxylation is 1. The minimum absolute atomic E-state index is 0.154. The molecule has 2 aromatic rings. The Hall–Kier alpha value is -1.45. The van der Waals surface area contributed by atoms with Gasteiger partial charge in [0.15, 0.2) is 15.2 Å². The first-order valence-electron chi connectivity index (χ1n) is 5.47. The third-order valence-electron chi connectivity index (χ3n) is 2.07. The van der Waals surface area contributed by atoms with Crippen LogP contribution < -0.4 is 5.32 Å². The molecule has 2 rings (SSSR count). The predicted molar refractivity (Wildman–Crippen MR) is 79.7 cm³/mol. The van der Waals surface area contributed by atoms with Crippen LogP contribution in [0.1, 0.15) is 16.2 Å². The molecule has 0 aromatic carbocycles. The van der Waals surface area contributed by atoms with E-state index in [2.05, 4.69) is 20.0 Å². The number of amides is 1. The SMILES string of the molecule is COC(=O)c1csc(SCC(=O)Nc2nc(C)cs2)n1. The van der Waals surface area contributed by atoms with E-state index in [0.717, 1.165) is 5.69 Å². The summed E-state index contributed by atoms with van der Waals surface area (Å²) in [6, 6.07) is 0. The van der Waals surface area contributed by atoms with E-state index < -0.39 is 5.97 Å². The lowest BCUT2D eigenvalue weighted by molar-refractivity contribution is -0.113. The molecule has 0 saturated heterocycles. The molecule has 1 N–H and O–H groups in total. The van der Waals surface area contributed by atoms with E-state index in [4.69, 9.17) is 0 Å². The van der Waals surface area contributed by atoms with Gasteiger partial charge in [-0.3, -0.25) is 4.79 Å². The first kappa shape index (κ1) is 14.9. The number of methoxy groups -OCH3 is 1. The predicted octanol–water partition coefficient (Wildman–Crippen LogP) is 2.43. The van der Waals surface area contributed by atoms with Crippen LogP contribution in [0.3, 0.4) is 0 Å². The molecule has 2 aromatic heterocycles. The average Bonchev–Trinajstić information content (AvgIpc) is 3.05. The highest BCUT2D eigenvalue weighted by Gasteiger charge is 2.12. The maximum absolute atomic E-state index is 11.7. The summed E-state index contributed by atoms with van der Waals surface area (Å²) in [6.07, 6.45) is 0. The van der Waals surface area contributed by atoms with Crippen molar-refractivity contribution in [2.75, 3.05) is 18.2 Å². The second-order valence-electron chi connectivity index (χ2n) is 3.62. The van der Waals surface area contributed by atoms with Gasteiger partial charge in [0.05, 0.1) is 18.6 Å². The molecule has 0 unspecified atom stereocenters. The topological polar surface area (TPSA) is 81.2 Å². The Kier molecular flexibility index (Phi) is 5.10. The van der Waals surface area contributed by atoms with Gasteiger partial charge >= 0.3 is 5.97 Å². The largest absolute Gasteiger partial charge is 0.464 e. The molecule has 0 aliphatic rings. The van der Waals surface area contributed by atoms with Crippen molar-refractivity contribution < 1.29 is 14.3 Å². The smallest absolute Gasteiger partial charge is 0.357 e. The summed E-state index contributed by atoms with van der Waals surface area (Å²) in [5, 5.41) is 6.77. The summed E-state index contributed by atoms with van der Waals surface area (Å²) in [5.41, 5.74) is 1.14. The standard InChI is InChI=1S/C11H11N3O3S3/c1-6-3-18-10(12-6)14-8(15)5-20-11-13-7(4-19-11)9(16)17-2/h3-4H,5H2,1-2H3,(H,12,14,15). The number of ether oxygens (including phenoxy) is 1. The normalized spacial score (nSPS) is 10.3. The molecule has 106 valence electrons. The fourth-order valence-corrected chi connectivity index (χ4v) is 3.52. The zero-order chi connectivity index (χ0) is 14.5. The molecule has 0 aliphatic carbocycles. The number of carbonyl (C=O) groups excluding carboxylic acids is 2. The lowest BCUT2D eigenvalue weighted by Crippen LogP contribution is -2.13. The Balaban J connectivity index is 1.84. The van der Waals surface area contributed by atoms with Crippen LogP contribution in [0.25, 0.3) is 0 Å². The number of aromatic nitrogens is 2. The van der Waals surface area contributed by atoms with Crippen LogP contribution in [0, 0.1) is 6.92 Å². The summed E-state index contributed by atoms with van der Waals surface area (Å²) in [6.45, 7) is 1.87. The maximum atomic E-state index is 11.7. The molecule has 0 spiro atoms. The Morgan fingerprint density at radius 1 is 1.35 bits per heavy atom.